The van der Waals surface area contributed by atoms with Crippen molar-refractivity contribution < 1.29 is 17.9 Å². The molecule has 0 saturated carbocycles. The van der Waals surface area contributed by atoms with E-state index in [0.29, 0.717) is 16.8 Å². The number of anilines is 1. The van der Waals surface area contributed by atoms with Crippen LogP contribution in [0.3, 0.4) is 0 Å². The molecule has 0 aliphatic heterocycles. The first kappa shape index (κ1) is 21.3. The van der Waals surface area contributed by atoms with Crippen LogP contribution in [0.15, 0.2) is 107 Å². The Hall–Kier alpha value is -3.97. The van der Waals surface area contributed by atoms with Crippen LogP contribution in [0.1, 0.15) is 10.4 Å². The summed E-state index contributed by atoms with van der Waals surface area (Å²) in [6, 6.07) is 27.1. The lowest BCUT2D eigenvalue weighted by Crippen LogP contribution is -2.26. The zero-order valence-corrected chi connectivity index (χ0v) is 18.0. The van der Waals surface area contributed by atoms with Crippen LogP contribution in [-0.4, -0.2) is 26.4 Å². The maximum Gasteiger partial charge on any atom is 0.229 e. The zero-order valence-electron chi connectivity index (χ0n) is 17.2. The summed E-state index contributed by atoms with van der Waals surface area (Å²) in [6.07, 6.45) is 0. The van der Waals surface area contributed by atoms with Crippen LogP contribution < -0.4 is 10.2 Å². The Balaban J connectivity index is 1.82. The van der Waals surface area contributed by atoms with E-state index in [1.54, 1.807) is 73.8 Å². The summed E-state index contributed by atoms with van der Waals surface area (Å²) < 4.78 is 31.9. The van der Waals surface area contributed by atoms with Crippen LogP contribution in [0.25, 0.3) is 10.8 Å². The molecule has 0 aliphatic carbocycles. The number of rotatable bonds is 6. The Labute approximate surface area is 186 Å². The molecule has 7 heteroatoms. The molecule has 6 nitrogen and oxygen atoms in total. The number of nitrogens with one attached hydrogen (secondary N) is 1. The number of ether oxygens (including phenoxy) is 1. The molecule has 0 unspecified atom stereocenters. The van der Waals surface area contributed by atoms with Crippen molar-refractivity contribution in [2.24, 2.45) is 5.10 Å². The van der Waals surface area contributed by atoms with E-state index in [9.17, 15) is 13.2 Å². The van der Waals surface area contributed by atoms with E-state index in [4.69, 9.17) is 4.74 Å². The fourth-order valence-electron chi connectivity index (χ4n) is 3.26. The van der Waals surface area contributed by atoms with E-state index >= 15 is 0 Å². The summed E-state index contributed by atoms with van der Waals surface area (Å²) in [5.74, 6) is -0.0462. The average molecular weight is 445 g/mol. The maximum atomic E-state index is 13.5. The predicted octanol–water partition coefficient (Wildman–Crippen LogP) is 4.93. The van der Waals surface area contributed by atoms with Crippen LogP contribution in [0.4, 0.5) is 5.69 Å². The number of methoxy groups -OCH3 is 1. The van der Waals surface area contributed by atoms with E-state index in [0.717, 1.165) is 5.39 Å². The van der Waals surface area contributed by atoms with Gasteiger partial charge in [0, 0.05) is 5.56 Å². The number of benzene rings is 4. The zero-order chi connectivity index (χ0) is 22.6. The third-order valence-corrected chi connectivity index (χ3v) is 6.59. The lowest BCUT2D eigenvalue weighted by atomic mass is 10.0. The molecule has 0 heterocycles. The van der Waals surface area contributed by atoms with Gasteiger partial charge in [0.05, 0.1) is 17.7 Å². The Kier molecular flexibility index (Phi) is 6.00. The van der Waals surface area contributed by atoms with Gasteiger partial charge in [0.1, 0.15) is 5.75 Å². The Morgan fingerprint density at radius 1 is 0.812 bits per heavy atom. The third kappa shape index (κ3) is 4.24. The van der Waals surface area contributed by atoms with Crippen molar-refractivity contribution in [1.82, 2.24) is 0 Å². The fraction of sp³-hybridized carbons (Fsp3) is 0.0400. The Morgan fingerprint density at radius 2 is 1.47 bits per heavy atom. The summed E-state index contributed by atoms with van der Waals surface area (Å²) >= 11 is 0. The standard InChI is InChI=1S/C25H20N2O4S/c1-31-20-16-14-19(15-17-20)26-27-25(32(29,30)21-10-3-2-4-11-21)24(28)23-13-7-9-18-8-5-6-12-22(18)23/h2-17,26H,1H3. The molecule has 0 bridgehead atoms. The predicted molar refractivity (Wildman–Crippen MR) is 126 cm³/mol. The molecule has 160 valence electrons. The summed E-state index contributed by atoms with van der Waals surface area (Å²) in [6.45, 7) is 0. The van der Waals surface area contributed by atoms with E-state index in [1.807, 2.05) is 18.2 Å². The molecule has 4 aromatic carbocycles. The van der Waals surface area contributed by atoms with Crippen LogP contribution in [-0.2, 0) is 9.84 Å². The number of carbonyl (C=O) groups is 1. The van der Waals surface area contributed by atoms with Crippen molar-refractivity contribution in [2.75, 3.05) is 12.5 Å². The second-order valence-electron chi connectivity index (χ2n) is 6.93. The fourth-order valence-corrected chi connectivity index (χ4v) is 4.52. The monoisotopic (exact) mass is 444 g/mol. The van der Waals surface area contributed by atoms with Gasteiger partial charge in [-0.15, -0.1) is 0 Å². The normalized spacial score (nSPS) is 11.8. The molecule has 0 atom stereocenters. The van der Waals surface area contributed by atoms with Crippen molar-refractivity contribution in [3.05, 3.63) is 103 Å². The lowest BCUT2D eigenvalue weighted by Gasteiger charge is -2.11. The van der Waals surface area contributed by atoms with Crippen molar-refractivity contribution in [1.29, 1.82) is 0 Å². The topological polar surface area (TPSA) is 84.8 Å². The van der Waals surface area contributed by atoms with E-state index in [2.05, 4.69) is 10.5 Å². The first-order valence-electron chi connectivity index (χ1n) is 9.81. The van der Waals surface area contributed by atoms with Gasteiger partial charge in [-0.1, -0.05) is 60.7 Å². The van der Waals surface area contributed by atoms with E-state index in [-0.39, 0.29) is 10.5 Å². The smallest absolute Gasteiger partial charge is 0.229 e. The van der Waals surface area contributed by atoms with Gasteiger partial charge in [0.25, 0.3) is 0 Å². The molecule has 1 N–H and O–H groups in total. The largest absolute Gasteiger partial charge is 0.497 e. The number of sulfone groups is 1. The number of fused-ring (bicyclic) bond motifs is 1. The minimum Gasteiger partial charge on any atom is -0.497 e. The number of Topliss-reactive ketones (excluding diaryl/α,β-unsaturated/α-hetero) is 1. The van der Waals surface area contributed by atoms with Gasteiger partial charge in [-0.2, -0.15) is 5.10 Å². The summed E-state index contributed by atoms with van der Waals surface area (Å²) in [5.41, 5.74) is 3.48. The lowest BCUT2D eigenvalue weighted by molar-refractivity contribution is 0.107. The van der Waals surface area contributed by atoms with Gasteiger partial charge in [-0.25, -0.2) is 8.42 Å². The second kappa shape index (κ2) is 9.03. The van der Waals surface area contributed by atoms with Gasteiger partial charge >= 0.3 is 0 Å². The van der Waals surface area contributed by atoms with Gasteiger partial charge in [-0.05, 0) is 47.2 Å². The first-order chi connectivity index (χ1) is 15.5. The molecule has 0 fully saturated rings. The average Bonchev–Trinajstić information content (AvgIpc) is 2.84. The highest BCUT2D eigenvalue weighted by Gasteiger charge is 2.31. The molecule has 0 amide bonds. The van der Waals surface area contributed by atoms with Crippen molar-refractivity contribution in [2.45, 2.75) is 4.90 Å². The van der Waals surface area contributed by atoms with Crippen molar-refractivity contribution in [3.8, 4) is 5.75 Å². The number of nitrogens with zero attached hydrogens (tertiary/aromatic N) is 1. The summed E-state index contributed by atoms with van der Waals surface area (Å²) in [4.78, 5) is 13.5. The highest BCUT2D eigenvalue weighted by Crippen LogP contribution is 2.23. The first-order valence-corrected chi connectivity index (χ1v) is 11.3. The molecule has 4 rings (SSSR count). The molecular weight excluding hydrogens is 424 g/mol. The quantitative estimate of drug-likeness (QED) is 0.197. The van der Waals surface area contributed by atoms with Crippen LogP contribution >= 0.6 is 0 Å². The Morgan fingerprint density at radius 3 is 2.19 bits per heavy atom. The highest BCUT2D eigenvalue weighted by atomic mass is 32.2. The summed E-state index contributed by atoms with van der Waals surface area (Å²) in [7, 11) is -2.64. The molecular formula is C25H20N2O4S. The second-order valence-corrected chi connectivity index (χ2v) is 8.79. The number of hydrogen-bond donors (Lipinski definition) is 1. The number of ketones is 1. The molecule has 0 spiro atoms. The molecule has 0 aromatic heterocycles. The van der Waals surface area contributed by atoms with Crippen molar-refractivity contribution in [3.63, 3.8) is 0 Å². The van der Waals surface area contributed by atoms with Gasteiger partial charge in [-0.3, -0.25) is 10.2 Å². The molecule has 0 saturated heterocycles. The molecule has 0 radical (unpaired) electrons. The van der Waals surface area contributed by atoms with Gasteiger partial charge in [0.15, 0.2) is 0 Å². The van der Waals surface area contributed by atoms with Crippen LogP contribution in [0.2, 0.25) is 0 Å². The number of hydrogen-bond acceptors (Lipinski definition) is 6. The summed E-state index contributed by atoms with van der Waals surface area (Å²) in [5, 5.41) is 4.97. The van der Waals surface area contributed by atoms with Gasteiger partial charge in [0.2, 0.25) is 20.7 Å². The van der Waals surface area contributed by atoms with Crippen LogP contribution in [0.5, 0.6) is 5.75 Å². The highest BCUT2D eigenvalue weighted by molar-refractivity contribution is 8.08. The number of carbonyl (C=O) groups excluding carboxylic acids is 1. The van der Waals surface area contributed by atoms with Gasteiger partial charge < -0.3 is 4.74 Å². The van der Waals surface area contributed by atoms with Crippen LogP contribution in [0, 0.1) is 0 Å². The third-order valence-electron chi connectivity index (χ3n) is 4.91. The molecule has 0 aliphatic rings. The Bertz CT molecular complexity index is 1390. The molecule has 4 aromatic rings. The van der Waals surface area contributed by atoms with Crippen molar-refractivity contribution >= 4 is 37.1 Å². The minimum absolute atomic E-state index is 0.0103. The van der Waals surface area contributed by atoms with E-state index < -0.39 is 20.7 Å². The minimum atomic E-state index is -4.19. The number of hydrazone groups is 1. The SMILES string of the molecule is COc1ccc(NN=C(C(=O)c2cccc3ccccc23)S(=O)(=O)c2ccccc2)cc1. The molecule has 32 heavy (non-hydrogen) atoms. The van der Waals surface area contributed by atoms with E-state index in [1.165, 1.54) is 12.1 Å². The maximum absolute atomic E-state index is 13.5.